The van der Waals surface area contributed by atoms with Crippen molar-refractivity contribution in [1.29, 1.82) is 0 Å². The molecule has 0 aliphatic heterocycles. The number of hydrogen-bond acceptors (Lipinski definition) is 4. The molecule has 4 nitrogen and oxygen atoms in total. The van der Waals surface area contributed by atoms with E-state index in [1.807, 2.05) is 6.92 Å². The zero-order valence-electron chi connectivity index (χ0n) is 9.94. The lowest BCUT2D eigenvalue weighted by atomic mass is 10.2. The molecular formula is C12H10Cl2N2O2S. The number of nitrogens with one attached hydrogen (secondary N) is 1. The van der Waals surface area contributed by atoms with Crippen molar-refractivity contribution >= 4 is 45.2 Å². The maximum atomic E-state index is 10.6. The summed E-state index contributed by atoms with van der Waals surface area (Å²) >= 11 is 13.3. The predicted octanol–water partition coefficient (Wildman–Crippen LogP) is 4.88. The van der Waals surface area contributed by atoms with E-state index in [-0.39, 0.29) is 5.00 Å². The van der Waals surface area contributed by atoms with Gasteiger partial charge >= 0.3 is 5.00 Å². The normalized spacial score (nSPS) is 10.5. The van der Waals surface area contributed by atoms with E-state index in [4.69, 9.17) is 23.2 Å². The van der Waals surface area contributed by atoms with Crippen LogP contribution < -0.4 is 5.32 Å². The fourth-order valence-corrected chi connectivity index (χ4v) is 2.73. The van der Waals surface area contributed by atoms with Gasteiger partial charge in [0.2, 0.25) is 0 Å². The van der Waals surface area contributed by atoms with Gasteiger partial charge in [-0.15, -0.1) is 0 Å². The van der Waals surface area contributed by atoms with Crippen LogP contribution in [-0.4, -0.2) is 4.92 Å². The number of aryl methyl sites for hydroxylation is 1. The maximum absolute atomic E-state index is 10.6. The van der Waals surface area contributed by atoms with Crippen LogP contribution in [0.4, 0.5) is 10.7 Å². The lowest BCUT2D eigenvalue weighted by Gasteiger charge is -2.09. The van der Waals surface area contributed by atoms with Gasteiger partial charge in [0, 0.05) is 22.5 Å². The van der Waals surface area contributed by atoms with Crippen molar-refractivity contribution in [2.45, 2.75) is 13.5 Å². The van der Waals surface area contributed by atoms with Crippen LogP contribution in [0.5, 0.6) is 0 Å². The summed E-state index contributed by atoms with van der Waals surface area (Å²) in [6.07, 6.45) is 0. The number of rotatable bonds is 4. The first-order chi connectivity index (χ1) is 8.97. The molecule has 0 saturated carbocycles. The summed E-state index contributed by atoms with van der Waals surface area (Å²) in [5, 5.41) is 15.0. The molecule has 2 rings (SSSR count). The molecular weight excluding hydrogens is 307 g/mol. The van der Waals surface area contributed by atoms with Crippen LogP contribution in [0.1, 0.15) is 10.4 Å². The Bertz CT molecular complexity index is 628. The highest BCUT2D eigenvalue weighted by molar-refractivity contribution is 7.15. The summed E-state index contributed by atoms with van der Waals surface area (Å²) in [6, 6.07) is 6.75. The molecule has 0 radical (unpaired) electrons. The minimum atomic E-state index is -0.399. The van der Waals surface area contributed by atoms with Gasteiger partial charge in [0.1, 0.15) is 0 Å². The van der Waals surface area contributed by atoms with Crippen LogP contribution in [0.2, 0.25) is 10.0 Å². The molecule has 19 heavy (non-hydrogen) atoms. The van der Waals surface area contributed by atoms with Gasteiger partial charge in [-0.25, -0.2) is 0 Å². The van der Waals surface area contributed by atoms with Gasteiger partial charge in [-0.05, 0) is 30.7 Å². The van der Waals surface area contributed by atoms with E-state index < -0.39 is 4.92 Å². The highest BCUT2D eigenvalue weighted by atomic mass is 35.5. The molecule has 100 valence electrons. The molecule has 0 saturated heterocycles. The van der Waals surface area contributed by atoms with Crippen LogP contribution in [0.3, 0.4) is 0 Å². The number of nitrogens with zero attached hydrogens (tertiary/aromatic N) is 1. The average Bonchev–Trinajstić information content (AvgIpc) is 2.81. The molecule has 0 unspecified atom stereocenters. The fourth-order valence-electron chi connectivity index (χ4n) is 1.52. The molecule has 0 aliphatic rings. The van der Waals surface area contributed by atoms with E-state index in [1.54, 1.807) is 18.2 Å². The lowest BCUT2D eigenvalue weighted by Crippen LogP contribution is -1.98. The first kappa shape index (κ1) is 14.1. The Balaban J connectivity index is 2.09. The molecule has 1 heterocycles. The van der Waals surface area contributed by atoms with Gasteiger partial charge in [-0.2, -0.15) is 0 Å². The van der Waals surface area contributed by atoms with Gasteiger partial charge in [-0.1, -0.05) is 34.5 Å². The Kier molecular flexibility index (Phi) is 4.29. The van der Waals surface area contributed by atoms with E-state index in [0.717, 1.165) is 21.8 Å². The van der Waals surface area contributed by atoms with Crippen LogP contribution in [0, 0.1) is 17.0 Å². The van der Waals surface area contributed by atoms with Gasteiger partial charge in [0.25, 0.3) is 0 Å². The molecule has 0 amide bonds. The first-order valence-electron chi connectivity index (χ1n) is 5.40. The minimum absolute atomic E-state index is 0.129. The van der Waals surface area contributed by atoms with Crippen LogP contribution >= 0.6 is 34.5 Å². The molecule has 7 heteroatoms. The Morgan fingerprint density at radius 1 is 1.32 bits per heavy atom. The second-order valence-electron chi connectivity index (χ2n) is 3.93. The summed E-state index contributed by atoms with van der Waals surface area (Å²) in [5.41, 5.74) is 1.62. The van der Waals surface area contributed by atoms with E-state index in [2.05, 4.69) is 5.32 Å². The summed E-state index contributed by atoms with van der Waals surface area (Å²) in [4.78, 5) is 11.0. The number of benzene rings is 1. The number of thiophene rings is 1. The zero-order valence-corrected chi connectivity index (χ0v) is 12.3. The van der Waals surface area contributed by atoms with E-state index in [0.29, 0.717) is 22.3 Å². The number of hydrogen-bond donors (Lipinski definition) is 1. The fraction of sp³-hybridized carbons (Fsp3) is 0.167. The quantitative estimate of drug-likeness (QED) is 0.645. The number of anilines is 1. The SMILES string of the molecule is Cc1cc(Cl)c(NCc2ccc([N+](=O)[O-])s2)cc1Cl. The molecule has 0 aliphatic carbocycles. The largest absolute Gasteiger partial charge is 0.379 e. The molecule has 1 aromatic heterocycles. The molecule has 0 bridgehead atoms. The Labute approximate surface area is 124 Å². The first-order valence-corrected chi connectivity index (χ1v) is 6.97. The smallest absolute Gasteiger partial charge is 0.324 e. The zero-order chi connectivity index (χ0) is 14.0. The summed E-state index contributed by atoms with van der Waals surface area (Å²) < 4.78 is 0. The van der Waals surface area contributed by atoms with Gasteiger partial charge in [0.15, 0.2) is 0 Å². The third kappa shape index (κ3) is 3.37. The summed E-state index contributed by atoms with van der Waals surface area (Å²) in [6.45, 7) is 2.35. The maximum Gasteiger partial charge on any atom is 0.324 e. The van der Waals surface area contributed by atoms with Crippen LogP contribution in [-0.2, 0) is 6.54 Å². The van der Waals surface area contributed by atoms with Crippen molar-refractivity contribution in [1.82, 2.24) is 0 Å². The van der Waals surface area contributed by atoms with Gasteiger partial charge in [0.05, 0.1) is 15.6 Å². The topological polar surface area (TPSA) is 55.2 Å². The Morgan fingerprint density at radius 3 is 2.68 bits per heavy atom. The third-order valence-electron chi connectivity index (χ3n) is 2.53. The van der Waals surface area contributed by atoms with Crippen molar-refractivity contribution < 1.29 is 4.92 Å². The number of halogens is 2. The molecule has 0 fully saturated rings. The number of nitro groups is 1. The van der Waals surface area contributed by atoms with E-state index >= 15 is 0 Å². The highest BCUT2D eigenvalue weighted by Gasteiger charge is 2.10. The lowest BCUT2D eigenvalue weighted by molar-refractivity contribution is -0.380. The minimum Gasteiger partial charge on any atom is -0.379 e. The van der Waals surface area contributed by atoms with Gasteiger partial charge in [-0.3, -0.25) is 10.1 Å². The highest BCUT2D eigenvalue weighted by Crippen LogP contribution is 2.30. The molecule has 0 spiro atoms. The van der Waals surface area contributed by atoms with Crippen LogP contribution in [0.25, 0.3) is 0 Å². The van der Waals surface area contributed by atoms with Crippen molar-refractivity contribution in [2.75, 3.05) is 5.32 Å². The molecule has 2 aromatic rings. The van der Waals surface area contributed by atoms with Crippen molar-refractivity contribution in [2.24, 2.45) is 0 Å². The Hall–Kier alpha value is -1.30. The molecule has 1 N–H and O–H groups in total. The molecule has 0 atom stereocenters. The van der Waals surface area contributed by atoms with Crippen molar-refractivity contribution in [3.05, 3.63) is 54.9 Å². The average molecular weight is 317 g/mol. The van der Waals surface area contributed by atoms with Crippen molar-refractivity contribution in [3.63, 3.8) is 0 Å². The third-order valence-corrected chi connectivity index (χ3v) is 4.29. The second kappa shape index (κ2) is 5.77. The Morgan fingerprint density at radius 2 is 2.05 bits per heavy atom. The molecule has 1 aromatic carbocycles. The van der Waals surface area contributed by atoms with Crippen LogP contribution in [0.15, 0.2) is 24.3 Å². The van der Waals surface area contributed by atoms with Gasteiger partial charge < -0.3 is 5.32 Å². The summed E-state index contributed by atoms with van der Waals surface area (Å²) in [5.74, 6) is 0. The van der Waals surface area contributed by atoms with E-state index in [9.17, 15) is 10.1 Å². The monoisotopic (exact) mass is 316 g/mol. The standard InChI is InChI=1S/C12H10Cl2N2O2S/c1-7-4-10(14)11(5-9(7)13)15-6-8-2-3-12(19-8)16(17)18/h2-5,15H,6H2,1H3. The van der Waals surface area contributed by atoms with E-state index in [1.165, 1.54) is 6.07 Å². The summed E-state index contributed by atoms with van der Waals surface area (Å²) in [7, 11) is 0. The second-order valence-corrected chi connectivity index (χ2v) is 5.89. The van der Waals surface area contributed by atoms with Crippen molar-refractivity contribution in [3.8, 4) is 0 Å². The predicted molar refractivity (Wildman–Crippen MR) is 79.5 cm³/mol.